The average molecular weight is 950 g/mol. The Hall–Kier alpha value is -3.59. The molecule has 0 fully saturated rings. The maximum atomic E-state index is 11.0. The molecular formula is C40H53BrClN5O5SSn. The van der Waals surface area contributed by atoms with E-state index in [-0.39, 0.29) is 12.3 Å². The van der Waals surface area contributed by atoms with Crippen molar-refractivity contribution in [2.75, 3.05) is 11.5 Å². The molecule has 3 aromatic carbocycles. The first-order chi connectivity index (χ1) is 25.5. The summed E-state index contributed by atoms with van der Waals surface area (Å²) in [6, 6.07) is 20.9. The molecule has 54 heavy (non-hydrogen) atoms. The van der Waals surface area contributed by atoms with Crippen molar-refractivity contribution >= 4 is 69.3 Å². The predicted molar refractivity (Wildman–Crippen MR) is 228 cm³/mol. The molecule has 0 radical (unpaired) electrons. The van der Waals surface area contributed by atoms with Crippen LogP contribution in [0.1, 0.15) is 66.7 Å². The summed E-state index contributed by atoms with van der Waals surface area (Å²) >= 11 is 0.980. The van der Waals surface area contributed by atoms with E-state index in [0.29, 0.717) is 17.3 Å². The zero-order valence-corrected chi connectivity index (χ0v) is 36.5. The first-order valence-corrected chi connectivity index (χ1v) is 28.2. The van der Waals surface area contributed by atoms with Crippen LogP contribution in [0.5, 0.6) is 0 Å². The van der Waals surface area contributed by atoms with Crippen molar-refractivity contribution < 1.29 is 21.7 Å². The van der Waals surface area contributed by atoms with Crippen molar-refractivity contribution in [1.29, 1.82) is 0 Å². The Morgan fingerprint density at radius 1 is 0.630 bits per heavy atom. The van der Waals surface area contributed by atoms with E-state index in [1.54, 1.807) is 30.9 Å². The molecule has 0 bridgehead atoms. The van der Waals surface area contributed by atoms with Gasteiger partial charge in [-0.25, -0.2) is 18.4 Å². The number of rotatable bonds is 13. The quantitative estimate of drug-likeness (QED) is 0.0647. The molecule has 0 aliphatic heterocycles. The van der Waals surface area contributed by atoms with Crippen LogP contribution in [0.4, 0.5) is 11.4 Å². The molecule has 4 N–H and O–H groups in total. The third-order valence-electron chi connectivity index (χ3n) is 8.19. The summed E-state index contributed by atoms with van der Waals surface area (Å²) in [4.78, 5) is 12.6. The molecule has 0 unspecified atom stereocenters. The molecule has 6 rings (SSSR count). The van der Waals surface area contributed by atoms with Crippen molar-refractivity contribution in [2.24, 2.45) is 0 Å². The van der Waals surface area contributed by atoms with Crippen LogP contribution in [-0.2, 0) is 9.05 Å². The number of hydrogen-bond acceptors (Lipinski definition) is 10. The first-order valence-electron chi connectivity index (χ1n) is 17.6. The monoisotopic (exact) mass is 949 g/mol. The fraction of sp³-hybridized carbons (Fsp3) is 0.325. The SMILES string of the molecule is C.CCC[CH2][Sn]([CH2]CCC)([CH2]CCC)[c]1ncco1.Nc1ccc(-c2ncco2)cc1.Nc1ccc(Br)cc1.O=S(=O)(Cl)c1ccc(-c2ncco2)cc1. The minimum atomic E-state index is -3.67. The summed E-state index contributed by atoms with van der Waals surface area (Å²) in [6.07, 6.45) is 17.8. The van der Waals surface area contributed by atoms with Crippen LogP contribution in [-0.4, -0.2) is 41.7 Å². The number of unbranched alkanes of at least 4 members (excludes halogenated alkanes) is 3. The van der Waals surface area contributed by atoms with Crippen molar-refractivity contribution in [3.63, 3.8) is 0 Å². The van der Waals surface area contributed by atoms with Crippen molar-refractivity contribution in [3.05, 3.63) is 115 Å². The minimum Gasteiger partial charge on any atom is -0.445 e. The molecule has 0 saturated heterocycles. The Morgan fingerprint density at radius 3 is 1.35 bits per heavy atom. The van der Waals surface area contributed by atoms with Crippen LogP contribution < -0.4 is 15.4 Å². The zero-order chi connectivity index (χ0) is 38.5. The summed E-state index contributed by atoms with van der Waals surface area (Å²) in [6.45, 7) is 6.89. The van der Waals surface area contributed by atoms with Gasteiger partial charge < -0.3 is 20.3 Å². The van der Waals surface area contributed by atoms with Gasteiger partial charge in [-0.05, 0) is 72.8 Å². The van der Waals surface area contributed by atoms with E-state index in [4.69, 9.17) is 35.4 Å². The summed E-state index contributed by atoms with van der Waals surface area (Å²) in [5.41, 5.74) is 14.1. The van der Waals surface area contributed by atoms with Crippen LogP contribution in [0.2, 0.25) is 13.3 Å². The smallest absolute Gasteiger partial charge is 0.261 e. The molecular weight excluding hydrogens is 897 g/mol. The second kappa shape index (κ2) is 24.7. The van der Waals surface area contributed by atoms with Gasteiger partial charge in [0, 0.05) is 37.7 Å². The molecule has 0 amide bonds. The largest absolute Gasteiger partial charge is 0.445 e. The Balaban J connectivity index is 0.000000256. The van der Waals surface area contributed by atoms with E-state index in [0.717, 1.165) is 21.4 Å². The molecule has 0 aliphatic carbocycles. The molecule has 292 valence electrons. The third-order valence-corrected chi connectivity index (χ3v) is 24.6. The number of benzene rings is 3. The Labute approximate surface area is 337 Å². The van der Waals surface area contributed by atoms with E-state index in [1.807, 2.05) is 54.7 Å². The number of halogens is 2. The summed E-state index contributed by atoms with van der Waals surface area (Å²) in [5.74, 6) is 1.06. The molecule has 0 saturated carbocycles. The van der Waals surface area contributed by atoms with Gasteiger partial charge in [0.05, 0.1) is 17.3 Å². The fourth-order valence-corrected chi connectivity index (χ4v) is 21.0. The minimum absolute atomic E-state index is 0. The van der Waals surface area contributed by atoms with Crippen LogP contribution in [0.3, 0.4) is 0 Å². The number of hydrogen-bond donors (Lipinski definition) is 2. The van der Waals surface area contributed by atoms with Crippen LogP contribution in [0.15, 0.2) is 133 Å². The van der Waals surface area contributed by atoms with Gasteiger partial charge in [-0.2, -0.15) is 0 Å². The van der Waals surface area contributed by atoms with E-state index in [2.05, 4.69) is 51.7 Å². The topological polar surface area (TPSA) is 164 Å². The number of aromatic nitrogens is 3. The zero-order valence-electron chi connectivity index (χ0n) is 30.5. The van der Waals surface area contributed by atoms with E-state index in [9.17, 15) is 8.42 Å². The van der Waals surface area contributed by atoms with Crippen molar-refractivity contribution in [3.8, 4) is 22.9 Å². The molecule has 6 aromatic rings. The molecule has 0 aliphatic rings. The second-order valence-corrected chi connectivity index (χ2v) is 28.5. The Morgan fingerprint density at radius 2 is 1.02 bits per heavy atom. The van der Waals surface area contributed by atoms with Crippen LogP contribution in [0.25, 0.3) is 22.9 Å². The molecule has 0 spiro atoms. The third kappa shape index (κ3) is 16.0. The van der Waals surface area contributed by atoms with Crippen LogP contribution >= 0.6 is 26.6 Å². The summed E-state index contributed by atoms with van der Waals surface area (Å²) < 4.78 is 44.4. The predicted octanol–water partition coefficient (Wildman–Crippen LogP) is 11.6. The molecule has 0 atom stereocenters. The van der Waals surface area contributed by atoms with E-state index in [1.165, 1.54) is 80.3 Å². The van der Waals surface area contributed by atoms with Gasteiger partial charge in [0.15, 0.2) is 0 Å². The maximum absolute atomic E-state index is 11.0. The Bertz CT molecular complexity index is 1880. The summed E-state index contributed by atoms with van der Waals surface area (Å²) in [5, 5.41) is 0. The fourth-order valence-electron chi connectivity index (χ4n) is 5.31. The van der Waals surface area contributed by atoms with Crippen molar-refractivity contribution in [1.82, 2.24) is 15.0 Å². The maximum Gasteiger partial charge on any atom is 0.261 e. The van der Waals surface area contributed by atoms with E-state index >= 15 is 0 Å². The van der Waals surface area contributed by atoms with Gasteiger partial charge >= 0.3 is 117 Å². The number of nitrogen functional groups attached to an aromatic ring is 2. The van der Waals surface area contributed by atoms with Gasteiger partial charge in [-0.15, -0.1) is 0 Å². The molecule has 3 heterocycles. The van der Waals surface area contributed by atoms with Crippen LogP contribution in [0, 0.1) is 0 Å². The van der Waals surface area contributed by atoms with Gasteiger partial charge in [0.25, 0.3) is 9.05 Å². The normalized spacial score (nSPS) is 10.8. The Kier molecular flexibility index (Phi) is 21.3. The number of anilines is 2. The second-order valence-electron chi connectivity index (χ2n) is 12.2. The van der Waals surface area contributed by atoms with Gasteiger partial charge in [-0.3, -0.25) is 0 Å². The molecule has 3 aromatic heterocycles. The van der Waals surface area contributed by atoms with E-state index < -0.39 is 27.4 Å². The summed E-state index contributed by atoms with van der Waals surface area (Å²) in [7, 11) is 1.50. The van der Waals surface area contributed by atoms with Crippen molar-refractivity contribution in [2.45, 2.75) is 84.9 Å². The van der Waals surface area contributed by atoms with Gasteiger partial charge in [-0.1, -0.05) is 23.4 Å². The number of nitrogens with two attached hydrogens (primary N) is 2. The standard InChI is InChI=1S/C9H6ClNO3S.C9H8N2O.C6H6BrN.3C4H9.C3H2NO.CH4.Sn/c10-15(12,13)8-3-1-7(2-4-8)9-11-5-6-14-9;10-8-3-1-7(2-4-8)9-11-5-6-12-9;7-5-1-3-6(8)4-2-5;3*1-3-4-2;1-2-5-3-4-1;;/h1-6H;1-6H,10H2;1-4H,8H2;3*1,3-4H2,2H3;1-2H;1H4;. The van der Waals surface area contributed by atoms with Gasteiger partial charge in [0.1, 0.15) is 12.5 Å². The first kappa shape index (κ1) is 46.6. The number of oxazole rings is 3. The molecule has 10 nitrogen and oxygen atoms in total. The average Bonchev–Trinajstić information content (AvgIpc) is 3.99. The number of nitrogens with zero attached hydrogens (tertiary/aromatic N) is 3. The van der Waals surface area contributed by atoms with Gasteiger partial charge in [0.2, 0.25) is 11.8 Å². The molecule has 14 heteroatoms.